The van der Waals surface area contributed by atoms with Gasteiger partial charge in [-0.3, -0.25) is 0 Å². The van der Waals surface area contributed by atoms with E-state index in [2.05, 4.69) is 388 Å². The molecule has 0 bridgehead atoms. The number of hydrogen-bond acceptors (Lipinski definition) is 0. The van der Waals surface area contributed by atoms with Crippen molar-refractivity contribution in [2.75, 3.05) is 0 Å². The van der Waals surface area contributed by atoms with Gasteiger partial charge in [-0.25, -0.2) is 0 Å². The smallest absolute Gasteiger partial charge is 0.000884 e. The molecule has 0 unspecified atom stereocenters. The third-order valence-electron chi connectivity index (χ3n) is 17.2. The number of rotatable bonds is 14. The molecule has 0 atom stereocenters. The summed E-state index contributed by atoms with van der Waals surface area (Å²) < 4.78 is 59.2. The predicted octanol–water partition coefficient (Wildman–Crippen LogP) is 21.5. The summed E-state index contributed by atoms with van der Waals surface area (Å²) >= 11 is 0. The Hall–Kier alpha value is -9.09. The molecule has 16 aromatic carbocycles. The molecule has 12 heteroatoms. The first-order valence-electron chi connectivity index (χ1n) is 32.4. The molecule has 0 saturated heterocycles. The van der Waals surface area contributed by atoms with E-state index in [1.807, 2.05) is 0 Å². The van der Waals surface area contributed by atoms with Crippen LogP contribution in [0.5, 0.6) is 0 Å². The quantitative estimate of drug-likeness (QED) is 0.0578. The summed E-state index contributed by atoms with van der Waals surface area (Å²) in [5.74, 6) is 0. The molecule has 0 heterocycles. The van der Waals surface area contributed by atoms with Gasteiger partial charge in [-0.1, -0.05) is 388 Å². The van der Waals surface area contributed by atoms with Gasteiger partial charge in [0.15, 0.2) is 0 Å². The summed E-state index contributed by atoms with van der Waals surface area (Å²) in [6, 6.07) is 144. The molecule has 16 aromatic rings. The van der Waals surface area contributed by atoms with Crippen LogP contribution >= 0.6 is 39.5 Å². The van der Waals surface area contributed by atoms with Crippen LogP contribution in [0.2, 0.25) is 0 Å². The van der Waals surface area contributed by atoms with Crippen molar-refractivity contribution < 1.29 is 44.7 Å². The molecule has 0 fully saturated rings. The van der Waals surface area contributed by atoms with Gasteiger partial charge in [-0.2, -0.15) is 0 Å². The van der Waals surface area contributed by atoms with E-state index in [9.17, 15) is 25.2 Å². The Morgan fingerprint density at radius 2 is 0.290 bits per heavy atom. The van der Waals surface area contributed by atoms with Gasteiger partial charge in [0, 0.05) is 0 Å². The summed E-state index contributed by atoms with van der Waals surface area (Å²) in [7, 11) is -14.1. The minimum absolute atomic E-state index is 0. The van der Waals surface area contributed by atoms with Crippen molar-refractivity contribution in [2.45, 2.75) is 0 Å². The third-order valence-corrected chi connectivity index (χ3v) is 27.1. The number of halogens is 6. The fraction of sp³-hybridized carbons (Fsp3) is 0. The maximum absolute atomic E-state index is 10.7. The van der Waals surface area contributed by atoms with E-state index in [0.29, 0.717) is 0 Å². The third kappa shape index (κ3) is 16.1. The number of benzene rings is 16. The summed E-state index contributed by atoms with van der Waals surface area (Å²) in [5, 5.41) is 26.7. The average molecular weight is 1490 g/mol. The summed E-state index contributed by atoms with van der Waals surface area (Å²) in [4.78, 5) is 0. The normalized spacial score (nSPS) is 12.1. The largest absolute Gasteiger partial charge is 0.0622 e. The van der Waals surface area contributed by atoms with E-state index in [-0.39, 0.29) is 19.5 Å². The topological polar surface area (TPSA) is 0 Å². The molecule has 0 saturated carbocycles. The molecule has 0 N–H and O–H groups in total. The zero-order valence-corrected chi connectivity index (χ0v) is 60.2. The molecule has 0 aliphatic heterocycles. The first-order valence-corrected chi connectivity index (χ1v) is 39.8. The van der Waals surface area contributed by atoms with Crippen molar-refractivity contribution in [1.29, 1.82) is 0 Å². The molecule has 0 aliphatic rings. The van der Waals surface area contributed by atoms with E-state index in [1.54, 1.807) is 0 Å². The van der Waals surface area contributed by atoms with Crippen LogP contribution in [0.3, 0.4) is 0 Å². The van der Waals surface area contributed by atoms with Crippen LogP contribution in [0, 0.1) is 0 Å². The van der Waals surface area contributed by atoms with E-state index in [1.165, 1.54) is 129 Å². The van der Waals surface area contributed by atoms with Crippen molar-refractivity contribution in [3.8, 4) is 22.3 Å². The van der Waals surface area contributed by atoms with Gasteiger partial charge in [-0.05, 0) is 161 Å². The first-order chi connectivity index (χ1) is 48.2. The van der Waals surface area contributed by atoms with E-state index < -0.39 is 39.5 Å². The van der Waals surface area contributed by atoms with Crippen LogP contribution in [-0.2, 0) is 19.5 Å². The minimum Gasteiger partial charge on any atom is -0.0622 e. The second kappa shape index (κ2) is 30.0. The molecule has 1 radical (unpaired) electrons. The van der Waals surface area contributed by atoms with Crippen molar-refractivity contribution in [3.63, 3.8) is 0 Å². The van der Waals surface area contributed by atoms with Gasteiger partial charge < -0.3 is 0 Å². The van der Waals surface area contributed by atoms with Crippen LogP contribution in [0.15, 0.2) is 388 Å². The molecule has 0 aromatic heterocycles. The van der Waals surface area contributed by atoms with Gasteiger partial charge in [-0.15, -0.1) is 0 Å². The van der Waals surface area contributed by atoms with Crippen LogP contribution in [0.1, 0.15) is 0 Å². The maximum atomic E-state index is 9.87. The summed E-state index contributed by atoms with van der Waals surface area (Å²) in [6.45, 7) is 0. The molecule has 492 valence electrons. The van der Waals surface area contributed by atoms with Crippen molar-refractivity contribution in [2.24, 2.45) is 0 Å². The zero-order valence-electron chi connectivity index (χ0n) is 53.8. The fourth-order valence-electron chi connectivity index (χ4n) is 13.2. The molecule has 0 spiro atoms. The molecule has 0 aliphatic carbocycles. The minimum atomic E-state index is -10.7. The molecular weight excluding hydrogens is 1430 g/mol. The van der Waals surface area contributed by atoms with Gasteiger partial charge in [0.1, 0.15) is 0 Å². The Kier molecular flexibility index (Phi) is 20.8. The van der Waals surface area contributed by atoms with Gasteiger partial charge in [0.2, 0.25) is 0 Å². The molecule has 100 heavy (non-hydrogen) atoms. The van der Waals surface area contributed by atoms with Crippen molar-refractivity contribution in [3.05, 3.63) is 388 Å². The SMILES string of the molecule is F[P-](F)(F)(F)(F)F.[RuH+].c1ccc(P(c2ccccc2)c2ccc3ccccc3c2-c2c(P(c3ccccc3)c3ccccc3)ccc3ccccc23)cc1.c1ccc(P(c2ccccc2)c2ccc3ccccc3c2-c2c(P(c3ccccc3)c3ccccc3)ccc3ccccc23)cc1. The Morgan fingerprint density at radius 3 is 0.440 bits per heavy atom. The average Bonchev–Trinajstić information content (AvgIpc) is 0.736. The predicted molar refractivity (Wildman–Crippen MR) is 424 cm³/mol. The van der Waals surface area contributed by atoms with Crippen LogP contribution < -0.4 is 63.7 Å². The molecule has 0 nitrogen and oxygen atoms in total. The number of fused-ring (bicyclic) bond motifs is 4. The molecular formula is C88H65F6P5Ru. The van der Waals surface area contributed by atoms with Crippen molar-refractivity contribution in [1.82, 2.24) is 0 Å². The van der Waals surface area contributed by atoms with Gasteiger partial charge in [0.25, 0.3) is 0 Å². The summed E-state index contributed by atoms with van der Waals surface area (Å²) in [6.07, 6.45) is 0. The van der Waals surface area contributed by atoms with E-state index in [0.717, 1.165) is 0 Å². The van der Waals surface area contributed by atoms with Crippen molar-refractivity contribution >= 4 is 146 Å². The van der Waals surface area contributed by atoms with Crippen LogP contribution in [0.4, 0.5) is 25.2 Å². The summed E-state index contributed by atoms with van der Waals surface area (Å²) in [5.41, 5.74) is 5.40. The van der Waals surface area contributed by atoms with Crippen LogP contribution in [0.25, 0.3) is 65.3 Å². The standard InChI is InChI=1S/2C44H32P2.F6P.Ru.H/c2*1-5-19-35(20-6-1)45(36-21-7-2-8-22-36)41-31-29-33-17-13-15-27-39(33)43(41)44-40-28-16-14-18-34(40)30-32-42(44)46(37-23-9-3-10-24-37)38-25-11-4-12-26-38;1-7(2,3,4,5)6;;/h2*1-32H;;;/q;;-1;+1;. The van der Waals surface area contributed by atoms with Crippen LogP contribution in [-0.4, -0.2) is 0 Å². The second-order valence-corrected chi connectivity index (χ2v) is 34.4. The second-order valence-electron chi connectivity index (χ2n) is 23.7. The Balaban J connectivity index is 0.000000162. The monoisotopic (exact) mass is 1490 g/mol. The van der Waals surface area contributed by atoms with Gasteiger partial charge >= 0.3 is 52.5 Å². The Morgan fingerprint density at radius 1 is 0.160 bits per heavy atom. The van der Waals surface area contributed by atoms with E-state index in [4.69, 9.17) is 0 Å². The van der Waals surface area contributed by atoms with E-state index >= 15 is 0 Å². The number of hydrogen-bond donors (Lipinski definition) is 0. The maximum Gasteiger partial charge on any atom is -0.000884 e. The fourth-order valence-corrected chi connectivity index (χ4v) is 23.1. The first kappa shape index (κ1) is 69.4. The Bertz CT molecular complexity index is 4620. The zero-order chi connectivity index (χ0) is 67.8. The van der Waals surface area contributed by atoms with Gasteiger partial charge in [0.05, 0.1) is 0 Å². The molecule has 16 rings (SSSR count). The Labute approximate surface area is 597 Å². The molecule has 0 amide bonds.